The summed E-state index contributed by atoms with van der Waals surface area (Å²) in [5, 5.41) is 9.84. The van der Waals surface area contributed by atoms with E-state index >= 15 is 0 Å². The van der Waals surface area contributed by atoms with Crippen molar-refractivity contribution in [2.45, 2.75) is 44.7 Å². The van der Waals surface area contributed by atoms with Gasteiger partial charge in [-0.15, -0.1) is 0 Å². The quantitative estimate of drug-likeness (QED) is 0.710. The van der Waals surface area contributed by atoms with Gasteiger partial charge in [0.1, 0.15) is 35.9 Å². The normalized spacial score (nSPS) is 28.8. The number of hydrogen-bond donors (Lipinski definition) is 1. The molecule has 29 heavy (non-hydrogen) atoms. The van der Waals surface area contributed by atoms with Crippen LogP contribution >= 0.6 is 0 Å². The molecule has 5 atom stereocenters. The molecule has 0 bridgehead atoms. The molecule has 2 aromatic heterocycles. The van der Waals surface area contributed by atoms with Crippen molar-refractivity contribution >= 4 is 11.2 Å². The molecule has 4 heterocycles. The zero-order valence-corrected chi connectivity index (χ0v) is 16.3. The van der Waals surface area contributed by atoms with Crippen LogP contribution in [0.3, 0.4) is 0 Å². The minimum atomic E-state index is -0.553. The molecule has 0 amide bonds. The van der Waals surface area contributed by atoms with E-state index in [0.29, 0.717) is 11.2 Å². The zero-order chi connectivity index (χ0) is 20.1. The number of ether oxygens (including phenoxy) is 4. The van der Waals surface area contributed by atoms with E-state index in [2.05, 4.69) is 15.0 Å². The number of fused-ring (bicyclic) bond motifs is 2. The van der Waals surface area contributed by atoms with Crippen molar-refractivity contribution in [3.05, 3.63) is 47.7 Å². The van der Waals surface area contributed by atoms with Crippen LogP contribution in [0.15, 0.2) is 30.9 Å². The van der Waals surface area contributed by atoms with Crippen molar-refractivity contribution in [2.75, 3.05) is 13.7 Å². The van der Waals surface area contributed by atoms with Crippen molar-refractivity contribution in [1.82, 2.24) is 19.5 Å². The van der Waals surface area contributed by atoms with Gasteiger partial charge in [0, 0.05) is 5.56 Å². The highest BCUT2D eigenvalue weighted by Gasteiger charge is 2.54. The first-order valence-electron chi connectivity index (χ1n) is 9.46. The maximum atomic E-state index is 9.84. The summed E-state index contributed by atoms with van der Waals surface area (Å²) in [5.41, 5.74) is 4.08. The molecular formula is C20H22N4O5. The molecule has 0 saturated carbocycles. The number of aliphatic hydroxyl groups is 1. The predicted octanol–water partition coefficient (Wildman–Crippen LogP) is 1.82. The second kappa shape index (κ2) is 7.03. The molecule has 1 N–H and O–H groups in total. The maximum Gasteiger partial charge on any atom is 0.185 e. The van der Waals surface area contributed by atoms with Crippen LogP contribution in [-0.4, -0.2) is 56.7 Å². The van der Waals surface area contributed by atoms with Crippen LogP contribution in [0.25, 0.3) is 11.2 Å². The molecule has 152 valence electrons. The van der Waals surface area contributed by atoms with E-state index in [1.165, 1.54) is 6.33 Å². The van der Waals surface area contributed by atoms with Gasteiger partial charge in [0.25, 0.3) is 0 Å². The average Bonchev–Trinajstić information content (AvgIpc) is 3.41. The minimum absolute atomic E-state index is 0.171. The van der Waals surface area contributed by atoms with Crippen LogP contribution in [-0.2, 0) is 14.2 Å². The van der Waals surface area contributed by atoms with Gasteiger partial charge in [0.05, 0.1) is 25.7 Å². The number of rotatable bonds is 4. The smallest absolute Gasteiger partial charge is 0.185 e. The lowest BCUT2D eigenvalue weighted by molar-refractivity contribution is -0.153. The monoisotopic (exact) mass is 398 g/mol. The Morgan fingerprint density at radius 3 is 2.69 bits per heavy atom. The fourth-order valence-electron chi connectivity index (χ4n) is 4.05. The molecule has 2 aliphatic heterocycles. The number of benzene rings is 1. The van der Waals surface area contributed by atoms with E-state index in [1.54, 1.807) is 13.4 Å². The fraction of sp³-hybridized carbons (Fsp3) is 0.450. The van der Waals surface area contributed by atoms with E-state index in [0.717, 1.165) is 22.6 Å². The highest BCUT2D eigenvalue weighted by atomic mass is 16.8. The third kappa shape index (κ3) is 2.89. The predicted molar refractivity (Wildman–Crippen MR) is 101 cm³/mol. The van der Waals surface area contributed by atoms with Gasteiger partial charge in [-0.1, -0.05) is 6.07 Å². The SMILES string of the molecule is COc1ccc(C2OC3C(O2)[C@@H](CO)OC3n2cnc3c(C)ncnc32)c(C)c1. The number of methoxy groups -OCH3 is 1. The van der Waals surface area contributed by atoms with Gasteiger partial charge in [-0.2, -0.15) is 0 Å². The Morgan fingerprint density at radius 1 is 1.10 bits per heavy atom. The first kappa shape index (κ1) is 18.4. The molecule has 2 aliphatic rings. The number of hydrogen-bond acceptors (Lipinski definition) is 8. The van der Waals surface area contributed by atoms with Crippen LogP contribution in [0.5, 0.6) is 5.75 Å². The average molecular weight is 398 g/mol. The molecule has 0 aliphatic carbocycles. The van der Waals surface area contributed by atoms with E-state index in [-0.39, 0.29) is 6.61 Å². The number of aryl methyl sites for hydroxylation is 2. The first-order chi connectivity index (χ1) is 14.1. The van der Waals surface area contributed by atoms with Gasteiger partial charge >= 0.3 is 0 Å². The second-order valence-electron chi connectivity index (χ2n) is 7.29. The van der Waals surface area contributed by atoms with E-state index in [1.807, 2.05) is 36.6 Å². The molecule has 4 unspecified atom stereocenters. The van der Waals surface area contributed by atoms with Gasteiger partial charge in [-0.3, -0.25) is 4.57 Å². The molecule has 2 fully saturated rings. The summed E-state index contributed by atoms with van der Waals surface area (Å²) in [5.74, 6) is 0.777. The summed E-state index contributed by atoms with van der Waals surface area (Å²) in [6, 6.07) is 5.76. The second-order valence-corrected chi connectivity index (χ2v) is 7.29. The van der Waals surface area contributed by atoms with Crippen LogP contribution < -0.4 is 4.74 Å². The molecule has 0 radical (unpaired) electrons. The van der Waals surface area contributed by atoms with Crippen molar-refractivity contribution in [3.63, 3.8) is 0 Å². The Labute approximate surface area is 167 Å². The van der Waals surface area contributed by atoms with Crippen LogP contribution in [0.2, 0.25) is 0 Å². The Balaban J connectivity index is 1.48. The summed E-state index contributed by atoms with van der Waals surface area (Å²) in [4.78, 5) is 13.0. The van der Waals surface area contributed by atoms with Gasteiger partial charge < -0.3 is 24.1 Å². The highest BCUT2D eigenvalue weighted by Crippen LogP contribution is 2.45. The molecule has 5 rings (SSSR count). The van der Waals surface area contributed by atoms with Crippen molar-refractivity contribution in [3.8, 4) is 5.75 Å². The number of nitrogens with zero attached hydrogens (tertiary/aromatic N) is 4. The molecule has 1 aromatic carbocycles. The van der Waals surface area contributed by atoms with Crippen molar-refractivity contribution in [1.29, 1.82) is 0 Å². The Kier molecular flexibility index (Phi) is 4.47. The van der Waals surface area contributed by atoms with Crippen LogP contribution in [0.4, 0.5) is 0 Å². The van der Waals surface area contributed by atoms with Gasteiger partial charge in [0.15, 0.2) is 18.2 Å². The van der Waals surface area contributed by atoms with E-state index in [9.17, 15) is 5.11 Å². The van der Waals surface area contributed by atoms with Gasteiger partial charge in [0.2, 0.25) is 0 Å². The van der Waals surface area contributed by atoms with Crippen LogP contribution in [0, 0.1) is 13.8 Å². The molecule has 0 spiro atoms. The number of aromatic nitrogens is 4. The lowest BCUT2D eigenvalue weighted by atomic mass is 10.1. The molecular weight excluding hydrogens is 376 g/mol. The topological polar surface area (TPSA) is 101 Å². The third-order valence-corrected chi connectivity index (χ3v) is 5.57. The lowest BCUT2D eigenvalue weighted by Gasteiger charge is -2.21. The Hall–Kier alpha value is -2.59. The van der Waals surface area contributed by atoms with Crippen molar-refractivity contribution in [2.24, 2.45) is 0 Å². The molecule has 9 nitrogen and oxygen atoms in total. The Bertz CT molecular complexity index is 1050. The molecule has 9 heteroatoms. The number of aliphatic hydroxyl groups excluding tert-OH is 1. The van der Waals surface area contributed by atoms with Gasteiger partial charge in [-0.25, -0.2) is 15.0 Å². The summed E-state index contributed by atoms with van der Waals surface area (Å²) in [6.07, 6.45) is 0.782. The van der Waals surface area contributed by atoms with Crippen molar-refractivity contribution < 1.29 is 24.1 Å². The highest BCUT2D eigenvalue weighted by molar-refractivity contribution is 5.72. The summed E-state index contributed by atoms with van der Waals surface area (Å²) in [6.45, 7) is 3.70. The fourth-order valence-corrected chi connectivity index (χ4v) is 4.05. The van der Waals surface area contributed by atoms with E-state index in [4.69, 9.17) is 18.9 Å². The maximum absolute atomic E-state index is 9.84. The Morgan fingerprint density at radius 2 is 1.93 bits per heavy atom. The zero-order valence-electron chi connectivity index (χ0n) is 16.3. The standard InChI is InChI=1S/C20H22N4O5/c1-10-6-12(26-3)4-5-13(10)20-28-16-14(7-25)27-19(17(16)29-20)24-9-23-15-11(2)21-8-22-18(15)24/h4-6,8-9,14,16-17,19-20,25H,7H2,1-3H3/t14-,16?,17?,19?,20?/m1/s1. The molecule has 2 saturated heterocycles. The number of imidazole rings is 1. The summed E-state index contributed by atoms with van der Waals surface area (Å²) in [7, 11) is 1.63. The largest absolute Gasteiger partial charge is 0.497 e. The lowest BCUT2D eigenvalue weighted by Crippen LogP contribution is -2.30. The summed E-state index contributed by atoms with van der Waals surface area (Å²) >= 11 is 0. The minimum Gasteiger partial charge on any atom is -0.497 e. The third-order valence-electron chi connectivity index (χ3n) is 5.57. The van der Waals surface area contributed by atoms with Crippen LogP contribution in [0.1, 0.15) is 29.3 Å². The molecule has 3 aromatic rings. The first-order valence-corrected chi connectivity index (χ1v) is 9.46. The van der Waals surface area contributed by atoms with Gasteiger partial charge in [-0.05, 0) is 31.5 Å². The summed E-state index contributed by atoms with van der Waals surface area (Å²) < 4.78 is 25.6. The van der Waals surface area contributed by atoms with E-state index < -0.39 is 30.8 Å².